The van der Waals surface area contributed by atoms with Crippen molar-refractivity contribution in [3.63, 3.8) is 0 Å². The van der Waals surface area contributed by atoms with Crippen molar-refractivity contribution in [2.75, 3.05) is 5.32 Å². The summed E-state index contributed by atoms with van der Waals surface area (Å²) in [7, 11) is 0. The number of carbonyl (C=O) groups is 1. The van der Waals surface area contributed by atoms with Gasteiger partial charge in [0.15, 0.2) is 0 Å². The van der Waals surface area contributed by atoms with Crippen LogP contribution in [0.2, 0.25) is 0 Å². The molecule has 0 spiro atoms. The number of aromatic nitrogens is 2. The van der Waals surface area contributed by atoms with Crippen molar-refractivity contribution in [3.05, 3.63) is 73.1 Å². The minimum absolute atomic E-state index is 0.108. The van der Waals surface area contributed by atoms with Gasteiger partial charge in [0.1, 0.15) is 11.6 Å². The number of amides is 1. The SMILES string of the molecule is O=C(C[C@H](c1ccco1)n1cccc1)Nc1ccccn1. The Labute approximate surface area is 122 Å². The first-order chi connectivity index (χ1) is 10.3. The molecule has 3 heterocycles. The van der Waals surface area contributed by atoms with Gasteiger partial charge in [-0.2, -0.15) is 0 Å². The molecule has 0 saturated carbocycles. The lowest BCUT2D eigenvalue weighted by molar-refractivity contribution is -0.116. The number of nitrogens with one attached hydrogen (secondary N) is 1. The molecule has 5 heteroatoms. The van der Waals surface area contributed by atoms with Crippen LogP contribution in [0.25, 0.3) is 0 Å². The molecule has 1 amide bonds. The van der Waals surface area contributed by atoms with Gasteiger partial charge in [-0.1, -0.05) is 6.07 Å². The van der Waals surface area contributed by atoms with Gasteiger partial charge in [-0.15, -0.1) is 0 Å². The Morgan fingerprint density at radius 2 is 2.05 bits per heavy atom. The summed E-state index contributed by atoms with van der Waals surface area (Å²) in [5.41, 5.74) is 0. The number of rotatable bonds is 5. The van der Waals surface area contributed by atoms with Crippen LogP contribution in [0, 0.1) is 0 Å². The van der Waals surface area contributed by atoms with E-state index in [0.717, 1.165) is 5.76 Å². The first kappa shape index (κ1) is 13.2. The van der Waals surface area contributed by atoms with E-state index in [9.17, 15) is 4.79 Å². The Kier molecular flexibility index (Phi) is 3.82. The van der Waals surface area contributed by atoms with Crippen molar-refractivity contribution < 1.29 is 9.21 Å². The highest BCUT2D eigenvalue weighted by Gasteiger charge is 2.19. The van der Waals surface area contributed by atoms with E-state index < -0.39 is 0 Å². The number of furan rings is 1. The Morgan fingerprint density at radius 1 is 1.19 bits per heavy atom. The van der Waals surface area contributed by atoms with Crippen molar-refractivity contribution in [1.29, 1.82) is 0 Å². The van der Waals surface area contributed by atoms with Crippen LogP contribution < -0.4 is 5.32 Å². The molecule has 0 bridgehead atoms. The van der Waals surface area contributed by atoms with E-state index in [4.69, 9.17) is 4.42 Å². The van der Waals surface area contributed by atoms with E-state index in [2.05, 4.69) is 10.3 Å². The molecule has 0 aliphatic heterocycles. The maximum absolute atomic E-state index is 12.2. The van der Waals surface area contributed by atoms with Crippen molar-refractivity contribution in [1.82, 2.24) is 9.55 Å². The largest absolute Gasteiger partial charge is 0.467 e. The predicted octanol–water partition coefficient (Wildman–Crippen LogP) is 3.09. The molecule has 0 aromatic carbocycles. The highest BCUT2D eigenvalue weighted by atomic mass is 16.3. The number of hydrogen-bond acceptors (Lipinski definition) is 3. The van der Waals surface area contributed by atoms with Crippen molar-refractivity contribution >= 4 is 11.7 Å². The molecule has 106 valence electrons. The van der Waals surface area contributed by atoms with Gasteiger partial charge in [-0.25, -0.2) is 4.98 Å². The summed E-state index contributed by atoms with van der Waals surface area (Å²) in [5, 5.41) is 2.79. The van der Waals surface area contributed by atoms with Crippen LogP contribution >= 0.6 is 0 Å². The second kappa shape index (κ2) is 6.09. The number of nitrogens with zero attached hydrogens (tertiary/aromatic N) is 2. The fourth-order valence-electron chi connectivity index (χ4n) is 2.20. The monoisotopic (exact) mass is 281 g/mol. The molecule has 5 nitrogen and oxygen atoms in total. The quantitative estimate of drug-likeness (QED) is 0.781. The van der Waals surface area contributed by atoms with E-state index in [0.29, 0.717) is 5.82 Å². The normalized spacial score (nSPS) is 12.0. The summed E-state index contributed by atoms with van der Waals surface area (Å²) in [5.74, 6) is 1.19. The number of carbonyl (C=O) groups excluding carboxylic acids is 1. The fourth-order valence-corrected chi connectivity index (χ4v) is 2.20. The molecule has 3 rings (SSSR count). The average molecular weight is 281 g/mol. The van der Waals surface area contributed by atoms with Gasteiger partial charge in [0.05, 0.1) is 18.7 Å². The summed E-state index contributed by atoms with van der Waals surface area (Å²) in [4.78, 5) is 16.3. The Balaban J connectivity index is 1.75. The maximum Gasteiger partial charge on any atom is 0.228 e. The van der Waals surface area contributed by atoms with Gasteiger partial charge < -0.3 is 14.3 Å². The van der Waals surface area contributed by atoms with Gasteiger partial charge in [0.25, 0.3) is 0 Å². The Hall–Kier alpha value is -2.82. The van der Waals surface area contributed by atoms with Crippen LogP contribution in [0.3, 0.4) is 0 Å². The zero-order valence-electron chi connectivity index (χ0n) is 11.3. The number of pyridine rings is 1. The molecule has 0 fully saturated rings. The standard InChI is InChI=1S/C16H15N3O2/c20-16(18-15-7-1-2-8-17-15)12-13(14-6-5-11-21-14)19-9-3-4-10-19/h1-11,13H,12H2,(H,17,18,20)/t13-/m1/s1. The minimum atomic E-state index is -0.168. The smallest absolute Gasteiger partial charge is 0.228 e. The van der Waals surface area contributed by atoms with Crippen LogP contribution in [-0.4, -0.2) is 15.5 Å². The van der Waals surface area contributed by atoms with Crippen LogP contribution in [0.5, 0.6) is 0 Å². The van der Waals surface area contributed by atoms with Gasteiger partial charge in [-0.3, -0.25) is 4.79 Å². The van der Waals surface area contributed by atoms with E-state index in [-0.39, 0.29) is 18.4 Å². The van der Waals surface area contributed by atoms with Crippen LogP contribution in [0.1, 0.15) is 18.2 Å². The molecule has 1 N–H and O–H groups in total. The summed E-state index contributed by atoms with van der Waals surface area (Å²) in [6, 6.07) is 12.8. The van der Waals surface area contributed by atoms with E-state index in [1.165, 1.54) is 0 Å². The van der Waals surface area contributed by atoms with Crippen LogP contribution in [-0.2, 0) is 4.79 Å². The lowest BCUT2D eigenvalue weighted by Crippen LogP contribution is -2.19. The molecule has 0 aliphatic carbocycles. The van der Waals surface area contributed by atoms with Crippen molar-refractivity contribution in [2.45, 2.75) is 12.5 Å². The highest BCUT2D eigenvalue weighted by Crippen LogP contribution is 2.23. The molecule has 0 unspecified atom stereocenters. The van der Waals surface area contributed by atoms with Crippen molar-refractivity contribution in [3.8, 4) is 0 Å². The van der Waals surface area contributed by atoms with E-state index >= 15 is 0 Å². The molecule has 0 aliphatic rings. The Morgan fingerprint density at radius 3 is 2.71 bits per heavy atom. The number of hydrogen-bond donors (Lipinski definition) is 1. The van der Waals surface area contributed by atoms with Crippen LogP contribution in [0.4, 0.5) is 5.82 Å². The Bertz CT molecular complexity index is 641. The third kappa shape index (κ3) is 3.20. The lowest BCUT2D eigenvalue weighted by Gasteiger charge is -2.16. The molecule has 21 heavy (non-hydrogen) atoms. The zero-order valence-corrected chi connectivity index (χ0v) is 11.3. The summed E-state index contributed by atoms with van der Waals surface area (Å²) in [6.07, 6.45) is 7.37. The molecule has 1 atom stereocenters. The maximum atomic E-state index is 12.2. The summed E-state index contributed by atoms with van der Waals surface area (Å²) < 4.78 is 7.41. The third-order valence-corrected chi connectivity index (χ3v) is 3.17. The second-order valence-corrected chi connectivity index (χ2v) is 4.63. The number of anilines is 1. The third-order valence-electron chi connectivity index (χ3n) is 3.17. The van der Waals surface area contributed by atoms with Crippen LogP contribution in [0.15, 0.2) is 71.7 Å². The topological polar surface area (TPSA) is 60.1 Å². The second-order valence-electron chi connectivity index (χ2n) is 4.63. The molecule has 3 aromatic rings. The van der Waals surface area contributed by atoms with E-state index in [1.54, 1.807) is 24.6 Å². The molecule has 3 aromatic heterocycles. The first-order valence-electron chi connectivity index (χ1n) is 6.69. The van der Waals surface area contributed by atoms with Crippen molar-refractivity contribution in [2.24, 2.45) is 0 Å². The highest BCUT2D eigenvalue weighted by molar-refractivity contribution is 5.90. The van der Waals surface area contributed by atoms with E-state index in [1.807, 2.05) is 47.3 Å². The lowest BCUT2D eigenvalue weighted by atomic mass is 10.1. The summed E-state index contributed by atoms with van der Waals surface area (Å²) >= 11 is 0. The fraction of sp³-hybridized carbons (Fsp3) is 0.125. The molecule has 0 radical (unpaired) electrons. The van der Waals surface area contributed by atoms with Gasteiger partial charge in [-0.05, 0) is 36.4 Å². The predicted molar refractivity (Wildman–Crippen MR) is 78.8 cm³/mol. The molecule has 0 saturated heterocycles. The zero-order chi connectivity index (χ0) is 14.5. The minimum Gasteiger partial charge on any atom is -0.467 e. The van der Waals surface area contributed by atoms with Gasteiger partial charge in [0.2, 0.25) is 5.91 Å². The molecular formula is C16H15N3O2. The summed E-state index contributed by atoms with van der Waals surface area (Å²) in [6.45, 7) is 0. The molecular weight excluding hydrogens is 266 g/mol. The van der Waals surface area contributed by atoms with Gasteiger partial charge >= 0.3 is 0 Å². The van der Waals surface area contributed by atoms with Gasteiger partial charge in [0, 0.05) is 18.6 Å². The first-order valence-corrected chi connectivity index (χ1v) is 6.69. The average Bonchev–Trinajstić information content (AvgIpc) is 3.19.